The van der Waals surface area contributed by atoms with Crippen molar-refractivity contribution in [2.45, 2.75) is 40.2 Å². The van der Waals surface area contributed by atoms with Crippen molar-refractivity contribution in [3.63, 3.8) is 0 Å². The molecule has 0 radical (unpaired) electrons. The fourth-order valence-corrected chi connectivity index (χ4v) is 5.36. The molecule has 44 heavy (non-hydrogen) atoms. The van der Waals surface area contributed by atoms with E-state index in [1.54, 1.807) is 30.3 Å². The number of methoxy groups -OCH3 is 1. The molecule has 0 saturated heterocycles. The normalized spacial score (nSPS) is 11.5. The Bertz CT molecular complexity index is 1920. The SMILES string of the molecule is CCOc1cc(C)c(-c2nc3ccccc3c(=O)n2N=Cc2cc(Cl)cc(OC)c2OCc2ccccc2Cl)cc1C(C)C. The Balaban J connectivity index is 1.68. The zero-order valence-corrected chi connectivity index (χ0v) is 26.7. The summed E-state index contributed by atoms with van der Waals surface area (Å²) in [5.41, 5.74) is 4.27. The Morgan fingerprint density at radius 3 is 2.45 bits per heavy atom. The lowest BCUT2D eigenvalue weighted by molar-refractivity contribution is 0.284. The van der Waals surface area contributed by atoms with Gasteiger partial charge in [0.1, 0.15) is 12.4 Å². The van der Waals surface area contributed by atoms with Gasteiger partial charge < -0.3 is 14.2 Å². The summed E-state index contributed by atoms with van der Waals surface area (Å²) in [7, 11) is 1.53. The minimum Gasteiger partial charge on any atom is -0.494 e. The first-order chi connectivity index (χ1) is 21.2. The van der Waals surface area contributed by atoms with Crippen LogP contribution in [0.2, 0.25) is 10.0 Å². The van der Waals surface area contributed by atoms with E-state index in [0.29, 0.717) is 50.4 Å². The van der Waals surface area contributed by atoms with E-state index in [1.165, 1.54) is 18.0 Å². The predicted octanol–water partition coefficient (Wildman–Crippen LogP) is 8.67. The summed E-state index contributed by atoms with van der Waals surface area (Å²) in [5.74, 6) is 2.22. The van der Waals surface area contributed by atoms with Crippen LogP contribution >= 0.6 is 23.2 Å². The Kier molecular flexibility index (Phi) is 9.57. The molecule has 0 N–H and O–H groups in total. The highest BCUT2D eigenvalue weighted by Gasteiger charge is 2.19. The summed E-state index contributed by atoms with van der Waals surface area (Å²) >= 11 is 12.8. The van der Waals surface area contributed by atoms with Gasteiger partial charge in [-0.2, -0.15) is 9.78 Å². The number of para-hydroxylation sites is 1. The fourth-order valence-electron chi connectivity index (χ4n) is 4.95. The standard InChI is InChI=1S/C35H33Cl2N3O4/c1-6-43-31-15-22(4)28(18-27(31)21(2)3)34-39-30-14-10-8-12-26(30)35(41)40(34)38-19-24-16-25(36)17-32(42-5)33(24)44-20-23-11-7-9-13-29(23)37/h7-19,21H,6,20H2,1-5H3. The zero-order chi connectivity index (χ0) is 31.4. The molecule has 9 heteroatoms. The minimum atomic E-state index is -0.311. The van der Waals surface area contributed by atoms with Crippen LogP contribution < -0.4 is 19.8 Å². The first kappa shape index (κ1) is 31.1. The molecule has 5 aromatic rings. The van der Waals surface area contributed by atoms with Crippen LogP contribution in [0.1, 0.15) is 48.9 Å². The lowest BCUT2D eigenvalue weighted by Gasteiger charge is -2.18. The van der Waals surface area contributed by atoms with Crippen LogP contribution in [0.5, 0.6) is 17.2 Å². The van der Waals surface area contributed by atoms with Gasteiger partial charge in [-0.15, -0.1) is 0 Å². The van der Waals surface area contributed by atoms with Gasteiger partial charge in [0.2, 0.25) is 0 Å². The van der Waals surface area contributed by atoms with Crippen LogP contribution in [-0.2, 0) is 6.61 Å². The third kappa shape index (κ3) is 6.44. The summed E-state index contributed by atoms with van der Waals surface area (Å²) in [5, 5.41) is 6.14. The van der Waals surface area contributed by atoms with Crippen molar-refractivity contribution in [3.05, 3.63) is 115 Å². The van der Waals surface area contributed by atoms with Gasteiger partial charge in [0.05, 0.1) is 30.8 Å². The first-order valence-electron chi connectivity index (χ1n) is 14.3. The second-order valence-corrected chi connectivity index (χ2v) is 11.4. The van der Waals surface area contributed by atoms with E-state index in [9.17, 15) is 4.79 Å². The first-order valence-corrected chi connectivity index (χ1v) is 15.0. The highest BCUT2D eigenvalue weighted by atomic mass is 35.5. The molecule has 0 aliphatic rings. The third-order valence-corrected chi connectivity index (χ3v) is 7.77. The second kappa shape index (κ2) is 13.5. The Hall–Kier alpha value is -4.33. The Labute approximate surface area is 266 Å². The van der Waals surface area contributed by atoms with Gasteiger partial charge in [-0.3, -0.25) is 4.79 Å². The summed E-state index contributed by atoms with van der Waals surface area (Å²) in [4.78, 5) is 18.9. The molecule has 0 aliphatic heterocycles. The number of rotatable bonds is 10. The average Bonchev–Trinajstić information content (AvgIpc) is 3.00. The fraction of sp³-hybridized carbons (Fsp3) is 0.229. The highest BCUT2D eigenvalue weighted by Crippen LogP contribution is 2.36. The van der Waals surface area contributed by atoms with E-state index in [1.807, 2.05) is 56.3 Å². The molecule has 0 atom stereocenters. The quantitative estimate of drug-likeness (QED) is 0.144. The van der Waals surface area contributed by atoms with Gasteiger partial charge in [0.25, 0.3) is 5.56 Å². The number of aryl methyl sites for hydroxylation is 1. The number of ether oxygens (including phenoxy) is 3. The average molecular weight is 631 g/mol. The van der Waals surface area contributed by atoms with Crippen LogP contribution in [0.15, 0.2) is 82.7 Å². The van der Waals surface area contributed by atoms with Crippen molar-refractivity contribution in [3.8, 4) is 28.6 Å². The second-order valence-electron chi connectivity index (χ2n) is 10.5. The molecule has 0 unspecified atom stereocenters. The number of nitrogens with zero attached hydrogens (tertiary/aromatic N) is 3. The third-order valence-electron chi connectivity index (χ3n) is 7.18. The van der Waals surface area contributed by atoms with Crippen molar-refractivity contribution in [1.29, 1.82) is 0 Å². The summed E-state index contributed by atoms with van der Waals surface area (Å²) < 4.78 is 19.1. The monoisotopic (exact) mass is 629 g/mol. The van der Waals surface area contributed by atoms with E-state index >= 15 is 0 Å². The van der Waals surface area contributed by atoms with Gasteiger partial charge in [0, 0.05) is 32.8 Å². The number of hydrogen-bond donors (Lipinski definition) is 0. The van der Waals surface area contributed by atoms with Crippen LogP contribution in [0.3, 0.4) is 0 Å². The molecule has 226 valence electrons. The van der Waals surface area contributed by atoms with Crippen molar-refractivity contribution in [2.24, 2.45) is 5.10 Å². The van der Waals surface area contributed by atoms with E-state index in [4.69, 9.17) is 47.5 Å². The van der Waals surface area contributed by atoms with Crippen molar-refractivity contribution in [1.82, 2.24) is 9.66 Å². The Morgan fingerprint density at radius 2 is 1.73 bits per heavy atom. The molecular formula is C35H33Cl2N3O4. The van der Waals surface area contributed by atoms with Crippen molar-refractivity contribution in [2.75, 3.05) is 13.7 Å². The molecule has 1 aromatic heterocycles. The zero-order valence-electron chi connectivity index (χ0n) is 25.2. The summed E-state index contributed by atoms with van der Waals surface area (Å²) in [6.45, 7) is 8.87. The molecule has 5 rings (SSSR count). The van der Waals surface area contributed by atoms with Crippen LogP contribution in [-0.4, -0.2) is 29.6 Å². The lowest BCUT2D eigenvalue weighted by atomic mass is 9.96. The molecule has 0 bridgehead atoms. The molecule has 0 spiro atoms. The topological polar surface area (TPSA) is 74.9 Å². The largest absolute Gasteiger partial charge is 0.494 e. The molecule has 1 heterocycles. The smallest absolute Gasteiger partial charge is 0.282 e. The number of hydrogen-bond acceptors (Lipinski definition) is 6. The highest BCUT2D eigenvalue weighted by molar-refractivity contribution is 6.31. The van der Waals surface area contributed by atoms with Gasteiger partial charge >= 0.3 is 0 Å². The summed E-state index contributed by atoms with van der Waals surface area (Å²) in [6.07, 6.45) is 1.53. The van der Waals surface area contributed by atoms with Crippen LogP contribution in [0.4, 0.5) is 0 Å². The number of halogens is 2. The molecular weight excluding hydrogens is 597 g/mol. The maximum Gasteiger partial charge on any atom is 0.282 e. The number of benzene rings is 4. The molecule has 0 amide bonds. The summed E-state index contributed by atoms with van der Waals surface area (Å²) in [6, 6.07) is 22.1. The number of fused-ring (bicyclic) bond motifs is 1. The number of aromatic nitrogens is 2. The van der Waals surface area contributed by atoms with E-state index in [-0.39, 0.29) is 18.1 Å². The van der Waals surface area contributed by atoms with E-state index in [0.717, 1.165) is 28.0 Å². The Morgan fingerprint density at radius 1 is 0.977 bits per heavy atom. The van der Waals surface area contributed by atoms with Crippen LogP contribution in [0.25, 0.3) is 22.3 Å². The maximum absolute atomic E-state index is 14.0. The molecule has 4 aromatic carbocycles. The molecule has 0 aliphatic carbocycles. The lowest BCUT2D eigenvalue weighted by Crippen LogP contribution is -2.21. The van der Waals surface area contributed by atoms with Gasteiger partial charge in [-0.1, -0.05) is 67.4 Å². The van der Waals surface area contributed by atoms with E-state index in [2.05, 4.69) is 13.8 Å². The van der Waals surface area contributed by atoms with Crippen molar-refractivity contribution < 1.29 is 14.2 Å². The van der Waals surface area contributed by atoms with E-state index < -0.39 is 0 Å². The van der Waals surface area contributed by atoms with Gasteiger partial charge in [0.15, 0.2) is 17.3 Å². The molecule has 0 fully saturated rings. The van der Waals surface area contributed by atoms with Gasteiger partial charge in [-0.25, -0.2) is 4.98 Å². The molecule has 7 nitrogen and oxygen atoms in total. The van der Waals surface area contributed by atoms with Crippen LogP contribution in [0, 0.1) is 6.92 Å². The predicted molar refractivity (Wildman–Crippen MR) is 178 cm³/mol. The molecule has 0 saturated carbocycles. The van der Waals surface area contributed by atoms with Gasteiger partial charge in [-0.05, 0) is 67.3 Å². The van der Waals surface area contributed by atoms with Crippen molar-refractivity contribution >= 4 is 40.3 Å². The minimum absolute atomic E-state index is 0.178. The maximum atomic E-state index is 14.0.